The summed E-state index contributed by atoms with van der Waals surface area (Å²) in [5.41, 5.74) is 0. The predicted molar refractivity (Wildman–Crippen MR) is 60.8 cm³/mol. The first-order valence-corrected chi connectivity index (χ1v) is 6.38. The zero-order valence-electron chi connectivity index (χ0n) is 10.0. The zero-order chi connectivity index (χ0) is 11.6. The van der Waals surface area contributed by atoms with Crippen LogP contribution in [0.5, 0.6) is 0 Å². The van der Waals surface area contributed by atoms with Gasteiger partial charge in [-0.05, 0) is 52.4 Å². The van der Waals surface area contributed by atoms with Gasteiger partial charge in [0.25, 0.3) is 5.92 Å². The van der Waals surface area contributed by atoms with E-state index in [1.807, 2.05) is 7.05 Å². The Labute approximate surface area is 96.4 Å². The highest BCUT2D eigenvalue weighted by atomic mass is 19.3. The van der Waals surface area contributed by atoms with Crippen LogP contribution in [-0.4, -0.2) is 43.5 Å². The summed E-state index contributed by atoms with van der Waals surface area (Å²) in [5.74, 6) is -2.87. The highest BCUT2D eigenvalue weighted by Gasteiger charge is 2.42. The van der Waals surface area contributed by atoms with Gasteiger partial charge in [-0.25, -0.2) is 8.78 Å². The first-order chi connectivity index (χ1) is 7.58. The number of rotatable bonds is 3. The van der Waals surface area contributed by atoms with Gasteiger partial charge >= 0.3 is 0 Å². The van der Waals surface area contributed by atoms with Gasteiger partial charge in [-0.15, -0.1) is 0 Å². The molecule has 0 aromatic heterocycles. The zero-order valence-corrected chi connectivity index (χ0v) is 10.0. The van der Waals surface area contributed by atoms with E-state index in [4.69, 9.17) is 0 Å². The van der Waals surface area contributed by atoms with Crippen molar-refractivity contribution in [1.82, 2.24) is 10.2 Å². The van der Waals surface area contributed by atoms with Gasteiger partial charge in [0, 0.05) is 18.4 Å². The summed E-state index contributed by atoms with van der Waals surface area (Å²) in [6, 6.07) is 0.0506. The molecule has 1 N–H and O–H groups in total. The summed E-state index contributed by atoms with van der Waals surface area (Å²) < 4.78 is 28.1. The molecule has 0 aromatic carbocycles. The van der Waals surface area contributed by atoms with Gasteiger partial charge in [-0.1, -0.05) is 0 Å². The number of nitrogens with zero attached hydrogens (tertiary/aromatic N) is 1. The Morgan fingerprint density at radius 3 is 2.50 bits per heavy atom. The summed E-state index contributed by atoms with van der Waals surface area (Å²) >= 11 is 0. The number of hydrogen-bond acceptors (Lipinski definition) is 2. The Kier molecular flexibility index (Phi) is 3.80. The second-order valence-electron chi connectivity index (χ2n) is 5.34. The van der Waals surface area contributed by atoms with E-state index in [2.05, 4.69) is 10.2 Å². The summed E-state index contributed by atoms with van der Waals surface area (Å²) in [6.07, 6.45) is 3.31. The van der Waals surface area contributed by atoms with Crippen molar-refractivity contribution in [3.63, 3.8) is 0 Å². The summed E-state index contributed by atoms with van der Waals surface area (Å²) in [5, 5.41) is 3.17. The molecule has 0 radical (unpaired) electrons. The standard InChI is InChI=1S/C12H22F2N2/c1-16-7-4-10(5-8-16)12(13,14)9-11-3-2-6-15-11/h10-11,15H,2-9H2,1H3. The van der Waals surface area contributed by atoms with Gasteiger partial charge in [-0.2, -0.15) is 0 Å². The van der Waals surface area contributed by atoms with Crippen LogP contribution in [0.25, 0.3) is 0 Å². The van der Waals surface area contributed by atoms with E-state index in [1.54, 1.807) is 0 Å². The van der Waals surface area contributed by atoms with E-state index in [-0.39, 0.29) is 12.5 Å². The Morgan fingerprint density at radius 1 is 1.25 bits per heavy atom. The maximum atomic E-state index is 14.0. The topological polar surface area (TPSA) is 15.3 Å². The molecule has 0 bridgehead atoms. The molecule has 2 nitrogen and oxygen atoms in total. The molecule has 0 aromatic rings. The van der Waals surface area contributed by atoms with Crippen LogP contribution in [0, 0.1) is 5.92 Å². The first kappa shape index (κ1) is 12.2. The third kappa shape index (κ3) is 2.92. The number of hydrogen-bond donors (Lipinski definition) is 1. The average Bonchev–Trinajstić information content (AvgIpc) is 2.70. The van der Waals surface area contributed by atoms with E-state index >= 15 is 0 Å². The molecule has 0 spiro atoms. The minimum atomic E-state index is -2.47. The van der Waals surface area contributed by atoms with Crippen LogP contribution in [0.2, 0.25) is 0 Å². The van der Waals surface area contributed by atoms with E-state index < -0.39 is 11.8 Å². The molecule has 1 unspecified atom stereocenters. The van der Waals surface area contributed by atoms with Crippen LogP contribution in [0.3, 0.4) is 0 Å². The Bertz CT molecular complexity index is 219. The summed E-state index contributed by atoms with van der Waals surface area (Å²) in [6.45, 7) is 2.55. The first-order valence-electron chi connectivity index (χ1n) is 6.38. The smallest absolute Gasteiger partial charge is 0.252 e. The fourth-order valence-electron chi connectivity index (χ4n) is 2.86. The van der Waals surface area contributed by atoms with Crippen molar-refractivity contribution in [2.75, 3.05) is 26.7 Å². The highest BCUT2D eigenvalue weighted by Crippen LogP contribution is 2.37. The normalized spacial score (nSPS) is 29.8. The molecule has 94 valence electrons. The van der Waals surface area contributed by atoms with Gasteiger partial charge in [0.15, 0.2) is 0 Å². The van der Waals surface area contributed by atoms with Gasteiger partial charge in [0.1, 0.15) is 0 Å². The number of nitrogens with one attached hydrogen (secondary N) is 1. The second kappa shape index (κ2) is 4.96. The van der Waals surface area contributed by atoms with Crippen molar-refractivity contribution in [2.45, 2.75) is 44.1 Å². The van der Waals surface area contributed by atoms with Crippen molar-refractivity contribution in [3.05, 3.63) is 0 Å². The molecule has 2 heterocycles. The molecule has 2 fully saturated rings. The molecule has 0 aliphatic carbocycles. The molecule has 2 rings (SSSR count). The average molecular weight is 232 g/mol. The minimum Gasteiger partial charge on any atom is -0.314 e. The monoisotopic (exact) mass is 232 g/mol. The Hall–Kier alpha value is -0.220. The summed E-state index contributed by atoms with van der Waals surface area (Å²) in [7, 11) is 2.01. The van der Waals surface area contributed by atoms with E-state index in [0.29, 0.717) is 12.8 Å². The lowest BCUT2D eigenvalue weighted by atomic mass is 9.87. The van der Waals surface area contributed by atoms with Crippen LogP contribution in [0.1, 0.15) is 32.1 Å². The molecule has 2 aliphatic heterocycles. The Balaban J connectivity index is 1.85. The maximum absolute atomic E-state index is 14.0. The quantitative estimate of drug-likeness (QED) is 0.801. The minimum absolute atomic E-state index is 0.0430. The van der Waals surface area contributed by atoms with Crippen molar-refractivity contribution in [1.29, 1.82) is 0 Å². The van der Waals surface area contributed by atoms with E-state index in [9.17, 15) is 8.78 Å². The largest absolute Gasteiger partial charge is 0.314 e. The number of likely N-dealkylation sites (tertiary alicyclic amines) is 1. The fraction of sp³-hybridized carbons (Fsp3) is 1.00. The fourth-order valence-corrected chi connectivity index (χ4v) is 2.86. The van der Waals surface area contributed by atoms with Crippen molar-refractivity contribution in [2.24, 2.45) is 5.92 Å². The molecular weight excluding hydrogens is 210 g/mol. The predicted octanol–water partition coefficient (Wildman–Crippen LogP) is 2.11. The third-order valence-electron chi connectivity index (χ3n) is 4.00. The molecule has 1 atom stereocenters. The van der Waals surface area contributed by atoms with E-state index in [1.165, 1.54) is 0 Å². The molecule has 4 heteroatoms. The number of halogens is 2. The van der Waals surface area contributed by atoms with Gasteiger partial charge in [0.2, 0.25) is 0 Å². The molecule has 0 amide bonds. The molecule has 2 saturated heterocycles. The van der Waals surface area contributed by atoms with Crippen LogP contribution >= 0.6 is 0 Å². The number of piperidine rings is 1. The molecule has 0 saturated carbocycles. The lowest BCUT2D eigenvalue weighted by Crippen LogP contribution is -2.42. The third-order valence-corrected chi connectivity index (χ3v) is 4.00. The number of alkyl halides is 2. The van der Waals surface area contributed by atoms with Crippen LogP contribution in [-0.2, 0) is 0 Å². The Morgan fingerprint density at radius 2 is 1.94 bits per heavy atom. The summed E-state index contributed by atoms with van der Waals surface area (Å²) in [4.78, 5) is 2.14. The molecule has 16 heavy (non-hydrogen) atoms. The van der Waals surface area contributed by atoms with Gasteiger partial charge in [0.05, 0.1) is 0 Å². The van der Waals surface area contributed by atoms with E-state index in [0.717, 1.165) is 32.5 Å². The highest BCUT2D eigenvalue weighted by molar-refractivity contribution is 4.87. The van der Waals surface area contributed by atoms with Crippen molar-refractivity contribution in [3.8, 4) is 0 Å². The lowest BCUT2D eigenvalue weighted by Gasteiger charge is -2.35. The van der Waals surface area contributed by atoms with Crippen LogP contribution in [0.4, 0.5) is 8.78 Å². The molecular formula is C12H22F2N2. The van der Waals surface area contributed by atoms with Gasteiger partial charge in [-0.3, -0.25) is 0 Å². The van der Waals surface area contributed by atoms with Gasteiger partial charge < -0.3 is 10.2 Å². The SMILES string of the molecule is CN1CCC(C(F)(F)CC2CCCN2)CC1. The van der Waals surface area contributed by atoms with Crippen molar-refractivity contribution < 1.29 is 8.78 Å². The molecule has 2 aliphatic rings. The van der Waals surface area contributed by atoms with Crippen LogP contribution in [0.15, 0.2) is 0 Å². The second-order valence-corrected chi connectivity index (χ2v) is 5.34. The maximum Gasteiger partial charge on any atom is 0.252 e. The van der Waals surface area contributed by atoms with Crippen molar-refractivity contribution >= 4 is 0 Å². The lowest BCUT2D eigenvalue weighted by molar-refractivity contribution is -0.0881. The van der Waals surface area contributed by atoms with Crippen LogP contribution < -0.4 is 5.32 Å².